The molecule has 2 aromatic rings. The molecule has 76 valence electrons. The Morgan fingerprint density at radius 3 is 2.93 bits per heavy atom. The molecule has 1 N–H and O–H groups in total. The van der Waals surface area contributed by atoms with Crippen LogP contribution in [0.15, 0.2) is 36.9 Å². The van der Waals surface area contributed by atoms with Crippen LogP contribution in [0.2, 0.25) is 5.02 Å². The summed E-state index contributed by atoms with van der Waals surface area (Å²) in [6.45, 7) is 0. The summed E-state index contributed by atoms with van der Waals surface area (Å²) in [5.74, 6) is 0. The third-order valence-corrected chi connectivity index (χ3v) is 2.26. The first-order valence-corrected chi connectivity index (χ1v) is 4.67. The van der Waals surface area contributed by atoms with Crippen molar-refractivity contribution in [3.63, 3.8) is 0 Å². The monoisotopic (exact) mass is 221 g/mol. The highest BCUT2D eigenvalue weighted by Crippen LogP contribution is 2.23. The number of hydrogen-bond donors (Lipinski definition) is 1. The van der Waals surface area contributed by atoms with Crippen molar-refractivity contribution in [2.24, 2.45) is 0 Å². The fourth-order valence-electron chi connectivity index (χ4n) is 1.28. The second kappa shape index (κ2) is 4.14. The lowest BCUT2D eigenvalue weighted by Crippen LogP contribution is -1.96. The molecule has 0 aliphatic heterocycles. The first-order valence-electron chi connectivity index (χ1n) is 4.29. The number of imidazole rings is 1. The molecular weight excluding hydrogens is 214 g/mol. The molecule has 1 amide bonds. The van der Waals surface area contributed by atoms with Gasteiger partial charge in [-0.25, -0.2) is 4.98 Å². The first-order chi connectivity index (χ1) is 7.31. The van der Waals surface area contributed by atoms with Crippen molar-refractivity contribution in [1.82, 2.24) is 9.55 Å². The van der Waals surface area contributed by atoms with Crippen LogP contribution >= 0.6 is 11.6 Å². The number of halogens is 1. The average molecular weight is 222 g/mol. The molecule has 0 aliphatic carbocycles. The SMILES string of the molecule is O=CNc1ccc(-n2ccnc2)c(Cl)c1. The van der Waals surface area contributed by atoms with Crippen molar-refractivity contribution >= 4 is 23.7 Å². The van der Waals surface area contributed by atoms with E-state index in [4.69, 9.17) is 11.6 Å². The van der Waals surface area contributed by atoms with Crippen LogP contribution in [-0.2, 0) is 4.79 Å². The first kappa shape index (κ1) is 9.73. The van der Waals surface area contributed by atoms with E-state index < -0.39 is 0 Å². The molecule has 0 fully saturated rings. The standard InChI is InChI=1S/C10H8ClN3O/c11-9-5-8(13-7-15)1-2-10(9)14-4-3-12-6-14/h1-7H,(H,13,15). The molecule has 0 spiro atoms. The largest absolute Gasteiger partial charge is 0.329 e. The summed E-state index contributed by atoms with van der Waals surface area (Å²) in [4.78, 5) is 14.2. The molecule has 15 heavy (non-hydrogen) atoms. The summed E-state index contributed by atoms with van der Waals surface area (Å²) < 4.78 is 1.80. The van der Waals surface area contributed by atoms with Crippen LogP contribution < -0.4 is 5.32 Å². The number of amides is 1. The third kappa shape index (κ3) is 1.99. The second-order valence-electron chi connectivity index (χ2n) is 2.90. The van der Waals surface area contributed by atoms with Crippen LogP contribution in [-0.4, -0.2) is 16.0 Å². The molecule has 4 nitrogen and oxygen atoms in total. The fourth-order valence-corrected chi connectivity index (χ4v) is 1.55. The van der Waals surface area contributed by atoms with Crippen molar-refractivity contribution in [3.05, 3.63) is 41.9 Å². The van der Waals surface area contributed by atoms with Crippen molar-refractivity contribution in [2.45, 2.75) is 0 Å². The molecule has 2 rings (SSSR count). The maximum atomic E-state index is 10.2. The minimum Gasteiger partial charge on any atom is -0.329 e. The van der Waals surface area contributed by atoms with Crippen LogP contribution in [0.25, 0.3) is 5.69 Å². The van der Waals surface area contributed by atoms with Gasteiger partial charge in [-0.3, -0.25) is 4.79 Å². The topological polar surface area (TPSA) is 46.9 Å². The fraction of sp³-hybridized carbons (Fsp3) is 0. The van der Waals surface area contributed by atoms with Gasteiger partial charge in [0.15, 0.2) is 0 Å². The molecule has 5 heteroatoms. The molecule has 0 bridgehead atoms. The quantitative estimate of drug-likeness (QED) is 0.807. The third-order valence-electron chi connectivity index (χ3n) is 1.96. The van der Waals surface area contributed by atoms with E-state index in [9.17, 15) is 4.79 Å². The lowest BCUT2D eigenvalue weighted by Gasteiger charge is -2.06. The Balaban J connectivity index is 2.39. The number of carbonyl (C=O) groups excluding carboxylic acids is 1. The second-order valence-corrected chi connectivity index (χ2v) is 3.31. The van der Waals surface area contributed by atoms with E-state index in [0.29, 0.717) is 17.1 Å². The number of carbonyl (C=O) groups is 1. The summed E-state index contributed by atoms with van der Waals surface area (Å²) >= 11 is 6.05. The number of aromatic nitrogens is 2. The summed E-state index contributed by atoms with van der Waals surface area (Å²) in [6, 6.07) is 5.27. The highest BCUT2D eigenvalue weighted by molar-refractivity contribution is 6.32. The molecule has 0 radical (unpaired) electrons. The van der Waals surface area contributed by atoms with Gasteiger partial charge in [-0.15, -0.1) is 0 Å². The molecular formula is C10H8ClN3O. The van der Waals surface area contributed by atoms with E-state index in [2.05, 4.69) is 10.3 Å². The zero-order valence-electron chi connectivity index (χ0n) is 7.72. The lowest BCUT2D eigenvalue weighted by molar-refractivity contribution is -0.105. The minimum absolute atomic E-state index is 0.555. The molecule has 1 aromatic carbocycles. The zero-order chi connectivity index (χ0) is 10.7. The van der Waals surface area contributed by atoms with E-state index in [-0.39, 0.29) is 0 Å². The van der Waals surface area contributed by atoms with Gasteiger partial charge in [0, 0.05) is 18.1 Å². The van der Waals surface area contributed by atoms with Gasteiger partial charge in [-0.05, 0) is 18.2 Å². The van der Waals surface area contributed by atoms with Crippen LogP contribution in [0.3, 0.4) is 0 Å². The number of anilines is 1. The van der Waals surface area contributed by atoms with Gasteiger partial charge in [-0.1, -0.05) is 11.6 Å². The predicted molar refractivity (Wildman–Crippen MR) is 58.3 cm³/mol. The Bertz CT molecular complexity index is 468. The van der Waals surface area contributed by atoms with Gasteiger partial charge in [0.05, 0.1) is 17.0 Å². The van der Waals surface area contributed by atoms with Gasteiger partial charge in [-0.2, -0.15) is 0 Å². The van der Waals surface area contributed by atoms with Crippen molar-refractivity contribution in [1.29, 1.82) is 0 Å². The van der Waals surface area contributed by atoms with Crippen LogP contribution in [0, 0.1) is 0 Å². The number of nitrogens with one attached hydrogen (secondary N) is 1. The molecule has 0 saturated carbocycles. The van der Waals surface area contributed by atoms with Crippen LogP contribution in [0.4, 0.5) is 5.69 Å². The Morgan fingerprint density at radius 2 is 2.33 bits per heavy atom. The molecule has 1 heterocycles. The summed E-state index contributed by atoms with van der Waals surface area (Å²) in [6.07, 6.45) is 5.75. The van der Waals surface area contributed by atoms with E-state index >= 15 is 0 Å². The van der Waals surface area contributed by atoms with Gasteiger partial charge in [0.25, 0.3) is 0 Å². The summed E-state index contributed by atoms with van der Waals surface area (Å²) in [5.41, 5.74) is 1.49. The number of rotatable bonds is 3. The summed E-state index contributed by atoms with van der Waals surface area (Å²) in [7, 11) is 0. The van der Waals surface area contributed by atoms with E-state index in [1.807, 2.05) is 6.07 Å². The zero-order valence-corrected chi connectivity index (χ0v) is 8.48. The van der Waals surface area contributed by atoms with Crippen molar-refractivity contribution < 1.29 is 4.79 Å². The smallest absolute Gasteiger partial charge is 0.211 e. The molecule has 1 aromatic heterocycles. The van der Waals surface area contributed by atoms with Gasteiger partial charge >= 0.3 is 0 Å². The van der Waals surface area contributed by atoms with Gasteiger partial charge in [0.2, 0.25) is 6.41 Å². The maximum Gasteiger partial charge on any atom is 0.211 e. The number of hydrogen-bond acceptors (Lipinski definition) is 2. The molecule has 0 aliphatic rings. The lowest BCUT2D eigenvalue weighted by atomic mass is 10.3. The van der Waals surface area contributed by atoms with Crippen LogP contribution in [0.5, 0.6) is 0 Å². The summed E-state index contributed by atoms with van der Waals surface area (Å²) in [5, 5.41) is 3.09. The Hall–Kier alpha value is -1.81. The Labute approximate surface area is 91.5 Å². The Morgan fingerprint density at radius 1 is 1.47 bits per heavy atom. The minimum atomic E-state index is 0.555. The van der Waals surface area contributed by atoms with Crippen molar-refractivity contribution in [3.8, 4) is 5.69 Å². The molecule has 0 saturated heterocycles. The highest BCUT2D eigenvalue weighted by atomic mass is 35.5. The van der Waals surface area contributed by atoms with E-state index in [1.165, 1.54) is 0 Å². The molecule has 0 atom stereocenters. The van der Waals surface area contributed by atoms with E-state index in [0.717, 1.165) is 5.69 Å². The van der Waals surface area contributed by atoms with Gasteiger partial charge < -0.3 is 9.88 Å². The van der Waals surface area contributed by atoms with Gasteiger partial charge in [0.1, 0.15) is 0 Å². The van der Waals surface area contributed by atoms with Crippen LogP contribution in [0.1, 0.15) is 0 Å². The average Bonchev–Trinajstić information content (AvgIpc) is 2.71. The number of benzene rings is 1. The molecule has 0 unspecified atom stereocenters. The van der Waals surface area contributed by atoms with E-state index in [1.54, 1.807) is 35.4 Å². The predicted octanol–water partition coefficient (Wildman–Crippen LogP) is 2.09. The number of nitrogens with zero attached hydrogens (tertiary/aromatic N) is 2. The maximum absolute atomic E-state index is 10.2. The Kier molecular flexibility index (Phi) is 2.69. The normalized spacial score (nSPS) is 9.93. The highest BCUT2D eigenvalue weighted by Gasteiger charge is 2.02. The van der Waals surface area contributed by atoms with Crippen molar-refractivity contribution in [2.75, 3.05) is 5.32 Å².